The third kappa shape index (κ3) is 5.69. The summed E-state index contributed by atoms with van der Waals surface area (Å²) in [6.45, 7) is 12.7. The minimum atomic E-state index is -4.43. The van der Waals surface area contributed by atoms with Crippen molar-refractivity contribution in [3.05, 3.63) is 64.2 Å². The minimum absolute atomic E-state index is 0.103. The molecule has 3 aromatic rings. The highest BCUT2D eigenvalue weighted by Gasteiger charge is 2.30. The molecule has 0 bridgehead atoms. The maximum atomic E-state index is 13.1. The molecule has 0 aliphatic carbocycles. The Morgan fingerprint density at radius 3 is 2.47 bits per heavy atom. The van der Waals surface area contributed by atoms with Crippen molar-refractivity contribution in [2.24, 2.45) is 5.92 Å². The average Bonchev–Trinajstić information content (AvgIpc) is 3.25. The SMILES string of the molecule is Cc1nn(CC(C)C)c(C)c1CCC(=O)NC(C)c1cnn(-c2cccc(C(F)(F)F)c2)c1C. The van der Waals surface area contributed by atoms with Gasteiger partial charge in [-0.05, 0) is 63.8 Å². The van der Waals surface area contributed by atoms with Crippen LogP contribution in [0.4, 0.5) is 13.2 Å². The first kappa shape index (κ1) is 25.5. The molecule has 0 saturated heterocycles. The Morgan fingerprint density at radius 2 is 1.82 bits per heavy atom. The Bertz CT molecular complexity index is 1160. The van der Waals surface area contributed by atoms with Crippen molar-refractivity contribution in [2.45, 2.75) is 73.1 Å². The summed E-state index contributed by atoms with van der Waals surface area (Å²) in [7, 11) is 0. The van der Waals surface area contributed by atoms with Gasteiger partial charge < -0.3 is 5.32 Å². The fraction of sp³-hybridized carbons (Fsp3) is 0.480. The lowest BCUT2D eigenvalue weighted by atomic mass is 10.1. The Balaban J connectivity index is 1.67. The van der Waals surface area contributed by atoms with Crippen LogP contribution in [0.25, 0.3) is 5.69 Å². The van der Waals surface area contributed by atoms with Crippen LogP contribution in [0, 0.1) is 26.7 Å². The third-order valence-corrected chi connectivity index (χ3v) is 5.98. The predicted molar refractivity (Wildman–Crippen MR) is 125 cm³/mol. The molecule has 1 amide bonds. The van der Waals surface area contributed by atoms with Gasteiger partial charge in [-0.2, -0.15) is 23.4 Å². The van der Waals surface area contributed by atoms with Crippen LogP contribution in [0.3, 0.4) is 0 Å². The van der Waals surface area contributed by atoms with E-state index in [2.05, 4.69) is 29.4 Å². The number of rotatable bonds is 8. The highest BCUT2D eigenvalue weighted by atomic mass is 19.4. The zero-order valence-electron chi connectivity index (χ0n) is 20.5. The van der Waals surface area contributed by atoms with E-state index in [4.69, 9.17) is 0 Å². The fourth-order valence-electron chi connectivity index (χ4n) is 4.17. The van der Waals surface area contributed by atoms with E-state index in [0.29, 0.717) is 30.1 Å². The summed E-state index contributed by atoms with van der Waals surface area (Å²) in [5, 5.41) is 11.9. The highest BCUT2D eigenvalue weighted by molar-refractivity contribution is 5.76. The maximum absolute atomic E-state index is 13.1. The number of alkyl halides is 3. The van der Waals surface area contributed by atoms with Crippen LogP contribution in [0.2, 0.25) is 0 Å². The molecule has 2 aromatic heterocycles. The van der Waals surface area contributed by atoms with E-state index in [1.54, 1.807) is 19.2 Å². The smallest absolute Gasteiger partial charge is 0.349 e. The number of aromatic nitrogens is 4. The van der Waals surface area contributed by atoms with Gasteiger partial charge in [0.15, 0.2) is 0 Å². The normalized spacial score (nSPS) is 12.9. The van der Waals surface area contributed by atoms with E-state index in [0.717, 1.165) is 41.2 Å². The lowest BCUT2D eigenvalue weighted by molar-refractivity contribution is -0.137. The highest BCUT2D eigenvalue weighted by Crippen LogP contribution is 2.31. The van der Waals surface area contributed by atoms with Crippen molar-refractivity contribution in [2.75, 3.05) is 0 Å². The molecule has 0 aliphatic rings. The summed E-state index contributed by atoms with van der Waals surface area (Å²) in [5.41, 5.74) is 4.14. The van der Waals surface area contributed by atoms with Crippen molar-refractivity contribution < 1.29 is 18.0 Å². The van der Waals surface area contributed by atoms with Crippen LogP contribution in [0.1, 0.15) is 67.0 Å². The zero-order valence-corrected chi connectivity index (χ0v) is 20.5. The van der Waals surface area contributed by atoms with Crippen molar-refractivity contribution in [1.29, 1.82) is 0 Å². The van der Waals surface area contributed by atoms with Crippen molar-refractivity contribution in [3.63, 3.8) is 0 Å². The molecule has 6 nitrogen and oxygen atoms in total. The molecule has 0 aliphatic heterocycles. The number of hydrogen-bond acceptors (Lipinski definition) is 3. The van der Waals surface area contributed by atoms with E-state index in [1.165, 1.54) is 10.7 Å². The molecule has 0 fully saturated rings. The van der Waals surface area contributed by atoms with Crippen LogP contribution in [0.15, 0.2) is 30.5 Å². The van der Waals surface area contributed by atoms with Crippen LogP contribution in [0.5, 0.6) is 0 Å². The Morgan fingerprint density at radius 1 is 1.12 bits per heavy atom. The molecule has 0 saturated carbocycles. The number of carbonyl (C=O) groups excluding carboxylic acids is 1. The standard InChI is InChI=1S/C25H32F3N5O/c1-15(2)14-32-18(5)22(17(4)31-32)10-11-24(34)30-16(3)23-13-29-33(19(23)6)21-9-7-8-20(12-21)25(26,27)28/h7-9,12-13,15-16H,10-11,14H2,1-6H3,(H,30,34). The van der Waals surface area contributed by atoms with E-state index < -0.39 is 11.7 Å². The number of nitrogens with zero attached hydrogens (tertiary/aromatic N) is 4. The number of nitrogens with one attached hydrogen (secondary N) is 1. The average molecular weight is 476 g/mol. The lowest BCUT2D eigenvalue weighted by Crippen LogP contribution is -2.27. The minimum Gasteiger partial charge on any atom is -0.349 e. The molecule has 2 heterocycles. The van der Waals surface area contributed by atoms with Gasteiger partial charge in [0.2, 0.25) is 5.91 Å². The molecule has 34 heavy (non-hydrogen) atoms. The monoisotopic (exact) mass is 475 g/mol. The molecule has 0 radical (unpaired) electrons. The topological polar surface area (TPSA) is 64.7 Å². The molecule has 184 valence electrons. The van der Waals surface area contributed by atoms with Crippen LogP contribution in [-0.4, -0.2) is 25.5 Å². The van der Waals surface area contributed by atoms with E-state index >= 15 is 0 Å². The molecule has 3 rings (SSSR count). The molecule has 1 atom stereocenters. The first-order valence-corrected chi connectivity index (χ1v) is 11.4. The van der Waals surface area contributed by atoms with Gasteiger partial charge in [0, 0.05) is 29.9 Å². The van der Waals surface area contributed by atoms with E-state index in [-0.39, 0.29) is 11.9 Å². The van der Waals surface area contributed by atoms with Gasteiger partial charge in [-0.15, -0.1) is 0 Å². The van der Waals surface area contributed by atoms with E-state index in [9.17, 15) is 18.0 Å². The predicted octanol–water partition coefficient (Wildman–Crippen LogP) is 5.48. The largest absolute Gasteiger partial charge is 0.416 e. The first-order valence-electron chi connectivity index (χ1n) is 11.4. The number of aryl methyl sites for hydroxylation is 1. The Kier molecular flexibility index (Phi) is 7.53. The number of hydrogen-bond donors (Lipinski definition) is 1. The van der Waals surface area contributed by atoms with Gasteiger partial charge in [0.1, 0.15) is 0 Å². The quantitative estimate of drug-likeness (QED) is 0.469. The van der Waals surface area contributed by atoms with Crippen molar-refractivity contribution >= 4 is 5.91 Å². The number of benzene rings is 1. The second-order valence-electron chi connectivity index (χ2n) is 9.16. The lowest BCUT2D eigenvalue weighted by Gasteiger charge is -2.15. The van der Waals surface area contributed by atoms with Gasteiger partial charge in [-0.3, -0.25) is 9.48 Å². The Hall–Kier alpha value is -3.10. The van der Waals surface area contributed by atoms with E-state index in [1.807, 2.05) is 25.5 Å². The number of amides is 1. The van der Waals surface area contributed by atoms with Gasteiger partial charge in [0.25, 0.3) is 0 Å². The fourth-order valence-corrected chi connectivity index (χ4v) is 4.17. The van der Waals surface area contributed by atoms with Crippen LogP contribution >= 0.6 is 0 Å². The zero-order chi connectivity index (χ0) is 25.2. The summed E-state index contributed by atoms with van der Waals surface area (Å²) >= 11 is 0. The third-order valence-electron chi connectivity index (χ3n) is 5.98. The van der Waals surface area contributed by atoms with Crippen LogP contribution < -0.4 is 5.32 Å². The summed E-state index contributed by atoms with van der Waals surface area (Å²) in [6.07, 6.45) is -1.93. The summed E-state index contributed by atoms with van der Waals surface area (Å²) in [4.78, 5) is 12.7. The van der Waals surface area contributed by atoms with Gasteiger partial charge in [-0.1, -0.05) is 19.9 Å². The van der Waals surface area contributed by atoms with Gasteiger partial charge >= 0.3 is 6.18 Å². The molecule has 9 heteroatoms. The second kappa shape index (κ2) is 10.0. The Labute approximate surface area is 198 Å². The van der Waals surface area contributed by atoms with Crippen molar-refractivity contribution in [3.8, 4) is 5.69 Å². The summed E-state index contributed by atoms with van der Waals surface area (Å²) in [5.74, 6) is 0.379. The number of halogens is 3. The molecule has 1 aromatic carbocycles. The second-order valence-corrected chi connectivity index (χ2v) is 9.16. The molecule has 0 spiro atoms. The summed E-state index contributed by atoms with van der Waals surface area (Å²) in [6, 6.07) is 4.70. The molecule has 1 unspecified atom stereocenters. The summed E-state index contributed by atoms with van der Waals surface area (Å²) < 4.78 is 42.7. The molecular formula is C25H32F3N5O. The van der Waals surface area contributed by atoms with Gasteiger partial charge in [0.05, 0.1) is 29.2 Å². The first-order chi connectivity index (χ1) is 15.9. The molecule has 1 N–H and O–H groups in total. The van der Waals surface area contributed by atoms with Crippen molar-refractivity contribution in [1.82, 2.24) is 24.9 Å². The maximum Gasteiger partial charge on any atom is 0.416 e. The number of carbonyl (C=O) groups is 1. The van der Waals surface area contributed by atoms with Gasteiger partial charge in [-0.25, -0.2) is 4.68 Å². The van der Waals surface area contributed by atoms with Crippen LogP contribution in [-0.2, 0) is 23.9 Å². The molecular weight excluding hydrogens is 443 g/mol.